The van der Waals surface area contributed by atoms with Crippen molar-refractivity contribution in [1.82, 2.24) is 15.8 Å². The summed E-state index contributed by atoms with van der Waals surface area (Å²) >= 11 is 1.52. The molecule has 118 valence electrons. The van der Waals surface area contributed by atoms with Gasteiger partial charge in [0, 0.05) is 29.6 Å². The van der Waals surface area contributed by atoms with Crippen molar-refractivity contribution in [3.63, 3.8) is 0 Å². The number of rotatable bonds is 4. The van der Waals surface area contributed by atoms with Crippen LogP contribution in [0.25, 0.3) is 5.57 Å². The van der Waals surface area contributed by atoms with E-state index >= 15 is 0 Å². The summed E-state index contributed by atoms with van der Waals surface area (Å²) in [6.07, 6.45) is 3.05. The number of aryl methyl sites for hydroxylation is 2. The number of aromatic nitrogens is 1. The van der Waals surface area contributed by atoms with Gasteiger partial charge in [0.25, 0.3) is 0 Å². The van der Waals surface area contributed by atoms with Crippen LogP contribution in [-0.2, 0) is 6.42 Å². The van der Waals surface area contributed by atoms with Crippen LogP contribution in [0.15, 0.2) is 35.7 Å². The van der Waals surface area contributed by atoms with Gasteiger partial charge in [0.15, 0.2) is 0 Å². The van der Waals surface area contributed by atoms with Crippen molar-refractivity contribution in [1.29, 1.82) is 5.26 Å². The molecule has 0 bridgehead atoms. The largest absolute Gasteiger partial charge is 0.257 e. The molecule has 1 fully saturated rings. The van der Waals surface area contributed by atoms with Gasteiger partial charge in [0.2, 0.25) is 0 Å². The maximum absolute atomic E-state index is 9.47. The van der Waals surface area contributed by atoms with E-state index in [1.807, 2.05) is 18.4 Å². The molecule has 0 amide bonds. The van der Waals surface area contributed by atoms with Crippen LogP contribution in [0.4, 0.5) is 0 Å². The molecule has 23 heavy (non-hydrogen) atoms. The van der Waals surface area contributed by atoms with Gasteiger partial charge in [-0.3, -0.25) is 10.9 Å². The SMILES string of the molecule is CCc1ccc(C2CNNC2/C=C(\C#N)c2nc(C)cs2)cc1. The lowest BCUT2D eigenvalue weighted by Gasteiger charge is -2.16. The maximum Gasteiger partial charge on any atom is 0.133 e. The molecule has 0 spiro atoms. The lowest BCUT2D eigenvalue weighted by Crippen LogP contribution is -2.29. The monoisotopic (exact) mass is 324 g/mol. The van der Waals surface area contributed by atoms with Crippen LogP contribution < -0.4 is 10.9 Å². The Kier molecular flexibility index (Phi) is 4.87. The molecule has 2 unspecified atom stereocenters. The van der Waals surface area contributed by atoms with Gasteiger partial charge in [-0.1, -0.05) is 31.2 Å². The Morgan fingerprint density at radius 1 is 1.43 bits per heavy atom. The van der Waals surface area contributed by atoms with E-state index in [-0.39, 0.29) is 6.04 Å². The summed E-state index contributed by atoms with van der Waals surface area (Å²) in [7, 11) is 0. The van der Waals surface area contributed by atoms with Crippen molar-refractivity contribution < 1.29 is 0 Å². The molecule has 1 saturated heterocycles. The predicted molar refractivity (Wildman–Crippen MR) is 93.9 cm³/mol. The summed E-state index contributed by atoms with van der Waals surface area (Å²) in [5.74, 6) is 0.310. The number of hydrogen-bond acceptors (Lipinski definition) is 5. The molecule has 1 aliphatic rings. The van der Waals surface area contributed by atoms with Gasteiger partial charge in [-0.25, -0.2) is 4.98 Å². The molecule has 3 rings (SSSR count). The molecular formula is C18H20N4S. The number of thiazole rings is 1. The lowest BCUT2D eigenvalue weighted by atomic mass is 9.91. The fourth-order valence-corrected chi connectivity index (χ4v) is 3.58. The maximum atomic E-state index is 9.47. The van der Waals surface area contributed by atoms with Gasteiger partial charge in [0.05, 0.1) is 5.57 Å². The van der Waals surface area contributed by atoms with Crippen LogP contribution in [0.1, 0.15) is 34.7 Å². The zero-order chi connectivity index (χ0) is 16.2. The van der Waals surface area contributed by atoms with E-state index in [1.165, 1.54) is 22.5 Å². The van der Waals surface area contributed by atoms with Crippen molar-refractivity contribution >= 4 is 16.9 Å². The van der Waals surface area contributed by atoms with E-state index in [4.69, 9.17) is 0 Å². The topological polar surface area (TPSA) is 60.7 Å². The Balaban J connectivity index is 1.85. The van der Waals surface area contributed by atoms with Crippen LogP contribution >= 0.6 is 11.3 Å². The van der Waals surface area contributed by atoms with E-state index in [2.05, 4.69) is 53.1 Å². The van der Waals surface area contributed by atoms with Crippen LogP contribution in [0, 0.1) is 18.3 Å². The van der Waals surface area contributed by atoms with Crippen molar-refractivity contribution in [2.45, 2.75) is 32.2 Å². The van der Waals surface area contributed by atoms with Gasteiger partial charge < -0.3 is 0 Å². The first-order valence-electron chi connectivity index (χ1n) is 7.83. The molecule has 5 heteroatoms. The number of hydrogen-bond donors (Lipinski definition) is 2. The molecule has 1 aliphatic heterocycles. The minimum Gasteiger partial charge on any atom is -0.257 e. The van der Waals surface area contributed by atoms with Crippen molar-refractivity contribution in [3.05, 3.63) is 57.6 Å². The van der Waals surface area contributed by atoms with Gasteiger partial charge in [0.1, 0.15) is 11.1 Å². The van der Waals surface area contributed by atoms with E-state index in [1.54, 1.807) is 0 Å². The highest BCUT2D eigenvalue weighted by Gasteiger charge is 2.27. The molecule has 2 N–H and O–H groups in total. The molecule has 2 aromatic rings. The molecule has 4 nitrogen and oxygen atoms in total. The fraction of sp³-hybridized carbons (Fsp3) is 0.333. The molecule has 0 saturated carbocycles. The van der Waals surface area contributed by atoms with Gasteiger partial charge >= 0.3 is 0 Å². The molecular weight excluding hydrogens is 304 g/mol. The third-order valence-electron chi connectivity index (χ3n) is 4.16. The normalized spacial score (nSPS) is 21.3. The highest BCUT2D eigenvalue weighted by atomic mass is 32.1. The Hall–Kier alpha value is -2.00. The van der Waals surface area contributed by atoms with Crippen molar-refractivity contribution in [2.24, 2.45) is 0 Å². The van der Waals surface area contributed by atoms with Gasteiger partial charge in [-0.2, -0.15) is 5.26 Å². The highest BCUT2D eigenvalue weighted by molar-refractivity contribution is 7.10. The number of nitriles is 1. The van der Waals surface area contributed by atoms with Crippen LogP contribution in [0.5, 0.6) is 0 Å². The molecule has 2 heterocycles. The number of nitrogens with zero attached hydrogens (tertiary/aromatic N) is 2. The van der Waals surface area contributed by atoms with Gasteiger partial charge in [-0.05, 0) is 30.5 Å². The second-order valence-corrected chi connectivity index (χ2v) is 6.60. The molecule has 0 radical (unpaired) electrons. The predicted octanol–water partition coefficient (Wildman–Crippen LogP) is 3.18. The Labute approximate surface area is 140 Å². The molecule has 2 atom stereocenters. The minimum atomic E-state index is 0.0846. The highest BCUT2D eigenvalue weighted by Crippen LogP contribution is 2.27. The smallest absolute Gasteiger partial charge is 0.133 e. The first kappa shape index (κ1) is 15.9. The van der Waals surface area contributed by atoms with E-state index < -0.39 is 0 Å². The quantitative estimate of drug-likeness (QED) is 0.848. The lowest BCUT2D eigenvalue weighted by molar-refractivity contribution is 0.616. The summed E-state index contributed by atoms with van der Waals surface area (Å²) in [6.45, 7) is 4.96. The van der Waals surface area contributed by atoms with Crippen molar-refractivity contribution in [3.8, 4) is 6.07 Å². The second kappa shape index (κ2) is 7.05. The second-order valence-electron chi connectivity index (χ2n) is 5.74. The number of hydrazine groups is 1. The van der Waals surface area contributed by atoms with E-state index in [9.17, 15) is 5.26 Å². The zero-order valence-electron chi connectivity index (χ0n) is 13.3. The number of nitrogens with one attached hydrogen (secondary N) is 2. The Morgan fingerprint density at radius 2 is 2.22 bits per heavy atom. The summed E-state index contributed by atoms with van der Waals surface area (Å²) in [6, 6.07) is 11.1. The molecule has 0 aliphatic carbocycles. The van der Waals surface area contributed by atoms with Gasteiger partial charge in [-0.15, -0.1) is 11.3 Å². The van der Waals surface area contributed by atoms with E-state index in [0.29, 0.717) is 11.5 Å². The first-order chi connectivity index (χ1) is 11.2. The Morgan fingerprint density at radius 3 is 2.83 bits per heavy atom. The van der Waals surface area contributed by atoms with Crippen LogP contribution in [0.2, 0.25) is 0 Å². The summed E-state index contributed by atoms with van der Waals surface area (Å²) in [5, 5.41) is 12.2. The molecule has 1 aromatic heterocycles. The minimum absolute atomic E-state index is 0.0846. The molecule has 1 aromatic carbocycles. The summed E-state index contributed by atoms with van der Waals surface area (Å²) < 4.78 is 0. The van der Waals surface area contributed by atoms with Crippen LogP contribution in [-0.4, -0.2) is 17.6 Å². The van der Waals surface area contributed by atoms with Crippen molar-refractivity contribution in [2.75, 3.05) is 6.54 Å². The third kappa shape index (κ3) is 3.50. The third-order valence-corrected chi connectivity index (χ3v) is 5.15. The summed E-state index contributed by atoms with van der Waals surface area (Å²) in [5.41, 5.74) is 10.7. The first-order valence-corrected chi connectivity index (χ1v) is 8.71. The zero-order valence-corrected chi connectivity index (χ0v) is 14.2. The Bertz CT molecular complexity index is 739. The fourth-order valence-electron chi connectivity index (χ4n) is 2.81. The number of allylic oxidation sites excluding steroid dienone is 1. The number of benzene rings is 1. The standard InChI is InChI=1S/C18H20N4S/c1-3-13-4-6-14(7-5-13)16-10-20-22-17(16)8-15(9-19)18-21-12(2)11-23-18/h4-8,11,16-17,20,22H,3,10H2,1-2H3/b15-8+. The summed E-state index contributed by atoms with van der Waals surface area (Å²) in [4.78, 5) is 4.42. The van der Waals surface area contributed by atoms with Crippen LogP contribution in [0.3, 0.4) is 0 Å². The average Bonchev–Trinajstić information content (AvgIpc) is 3.21. The average molecular weight is 324 g/mol. The van der Waals surface area contributed by atoms with E-state index in [0.717, 1.165) is 23.7 Å².